The molecule has 0 spiro atoms. The number of hydrogen-bond donors (Lipinski definition) is 1. The molecular formula is C25H29N5O3. The quantitative estimate of drug-likeness (QED) is 0.389. The van der Waals surface area contributed by atoms with E-state index in [9.17, 15) is 4.79 Å². The average Bonchev–Trinajstić information content (AvgIpc) is 3.26. The Morgan fingerprint density at radius 2 is 1.88 bits per heavy atom. The molecule has 8 nitrogen and oxygen atoms in total. The van der Waals surface area contributed by atoms with Crippen LogP contribution in [0.25, 0.3) is 22.6 Å². The van der Waals surface area contributed by atoms with Gasteiger partial charge in [0.05, 0.1) is 12.2 Å². The van der Waals surface area contributed by atoms with Crippen molar-refractivity contribution in [2.75, 3.05) is 33.0 Å². The number of nitrogens with zero attached hydrogens (tertiary/aromatic N) is 4. The molecule has 1 amide bonds. The molecule has 0 saturated carbocycles. The van der Waals surface area contributed by atoms with Crippen LogP contribution in [-0.2, 0) is 11.2 Å². The zero-order valence-corrected chi connectivity index (χ0v) is 19.4. The van der Waals surface area contributed by atoms with E-state index in [1.54, 1.807) is 37.3 Å². The van der Waals surface area contributed by atoms with Crippen LogP contribution in [0.4, 0.5) is 5.82 Å². The lowest BCUT2D eigenvalue weighted by Crippen LogP contribution is -2.21. The van der Waals surface area contributed by atoms with Crippen molar-refractivity contribution in [3.8, 4) is 22.6 Å². The zero-order chi connectivity index (χ0) is 23.8. The number of hydrogen-bond acceptors (Lipinski definition) is 7. The van der Waals surface area contributed by atoms with E-state index in [1.165, 1.54) is 0 Å². The summed E-state index contributed by atoms with van der Waals surface area (Å²) in [4.78, 5) is 18.0. The highest BCUT2D eigenvalue weighted by atomic mass is 16.5. The molecule has 0 saturated heterocycles. The maximum Gasteiger partial charge on any atom is 0.253 e. The van der Waals surface area contributed by atoms with Gasteiger partial charge in [0.25, 0.3) is 11.8 Å². The van der Waals surface area contributed by atoms with Crippen LogP contribution >= 0.6 is 0 Å². The lowest BCUT2D eigenvalue weighted by atomic mass is 9.97. The number of carbonyl (C=O) groups excluding carboxylic acids is 1. The van der Waals surface area contributed by atoms with Gasteiger partial charge in [-0.3, -0.25) is 4.79 Å². The number of pyridine rings is 1. The largest absolute Gasteiger partial charge is 0.420 e. The van der Waals surface area contributed by atoms with Crippen molar-refractivity contribution in [3.63, 3.8) is 0 Å². The minimum absolute atomic E-state index is 0.0494. The topological polar surface area (TPSA) is 107 Å². The van der Waals surface area contributed by atoms with Gasteiger partial charge in [0.15, 0.2) is 0 Å². The smallest absolute Gasteiger partial charge is 0.253 e. The Hall–Kier alpha value is -3.78. The minimum Gasteiger partial charge on any atom is -0.420 e. The van der Waals surface area contributed by atoms with E-state index in [4.69, 9.17) is 14.9 Å². The molecule has 3 aromatic rings. The molecule has 172 valence electrons. The van der Waals surface area contributed by atoms with Crippen molar-refractivity contribution in [1.29, 1.82) is 0 Å². The van der Waals surface area contributed by atoms with Crippen LogP contribution in [0.5, 0.6) is 0 Å². The number of amides is 1. The normalized spacial score (nSPS) is 11.5. The summed E-state index contributed by atoms with van der Waals surface area (Å²) in [7, 11) is 3.45. The Labute approximate surface area is 193 Å². The number of ether oxygens (including phenoxy) is 1. The first kappa shape index (κ1) is 23.9. The lowest BCUT2D eigenvalue weighted by Gasteiger charge is -2.13. The van der Waals surface area contributed by atoms with Gasteiger partial charge in [0.1, 0.15) is 5.82 Å². The number of anilines is 1. The molecule has 33 heavy (non-hydrogen) atoms. The molecule has 0 fully saturated rings. The van der Waals surface area contributed by atoms with Crippen LogP contribution in [-0.4, -0.2) is 53.3 Å². The van der Waals surface area contributed by atoms with Gasteiger partial charge in [0.2, 0.25) is 5.89 Å². The van der Waals surface area contributed by atoms with Crippen LogP contribution in [0.1, 0.15) is 28.7 Å². The van der Waals surface area contributed by atoms with Gasteiger partial charge < -0.3 is 19.8 Å². The van der Waals surface area contributed by atoms with Crippen molar-refractivity contribution < 1.29 is 13.9 Å². The monoisotopic (exact) mass is 447 g/mol. The highest BCUT2D eigenvalue weighted by Crippen LogP contribution is 2.34. The summed E-state index contributed by atoms with van der Waals surface area (Å²) in [5.74, 6) is 1.08. The Morgan fingerprint density at radius 3 is 2.58 bits per heavy atom. The molecular weight excluding hydrogens is 418 g/mol. The molecule has 2 aromatic heterocycles. The summed E-state index contributed by atoms with van der Waals surface area (Å²) < 4.78 is 11.1. The van der Waals surface area contributed by atoms with Gasteiger partial charge in [-0.05, 0) is 37.1 Å². The second kappa shape index (κ2) is 11.2. The molecule has 1 aromatic carbocycles. The molecule has 0 aliphatic heterocycles. The van der Waals surface area contributed by atoms with Gasteiger partial charge in [-0.1, -0.05) is 36.4 Å². The molecule has 0 aliphatic carbocycles. The van der Waals surface area contributed by atoms with Crippen LogP contribution in [0.3, 0.4) is 0 Å². The maximum atomic E-state index is 12.2. The first-order valence-corrected chi connectivity index (χ1v) is 10.7. The van der Waals surface area contributed by atoms with Crippen molar-refractivity contribution >= 4 is 11.7 Å². The van der Waals surface area contributed by atoms with E-state index >= 15 is 0 Å². The Bertz CT molecular complexity index is 1150. The third-order valence-electron chi connectivity index (χ3n) is 4.99. The first-order chi connectivity index (χ1) is 15.9. The second-order valence-electron chi connectivity index (χ2n) is 7.55. The fraction of sp³-hybridized carbons (Fsp3) is 0.280. The standard InChI is InChI=1S/C25H29N5O3/c1-5-32-15-9-7-6-8-10-21-28-29-24(33-21)22-17(2)20(16-27-23(22)26)18-11-13-19(14-12-18)25(31)30(3)4/h6-9,11-14,16H,5,10,15H2,1-4H3,(H2,26,27). The number of allylic oxidation sites excluding steroid dienone is 3. The molecule has 8 heteroatoms. The molecule has 0 aliphatic rings. The predicted molar refractivity (Wildman–Crippen MR) is 129 cm³/mol. The van der Waals surface area contributed by atoms with Gasteiger partial charge >= 0.3 is 0 Å². The summed E-state index contributed by atoms with van der Waals surface area (Å²) in [6, 6.07) is 7.38. The molecule has 2 N–H and O–H groups in total. The third kappa shape index (κ3) is 5.93. The number of nitrogen functional groups attached to an aromatic ring is 1. The SMILES string of the molecule is CCOCC=CC=CCc1nnc(-c2c(N)ncc(-c3ccc(C(=O)N(C)C)cc3)c2C)o1. The van der Waals surface area contributed by atoms with Crippen LogP contribution in [0, 0.1) is 6.92 Å². The van der Waals surface area contributed by atoms with E-state index in [0.29, 0.717) is 48.4 Å². The van der Waals surface area contributed by atoms with Crippen LogP contribution < -0.4 is 5.73 Å². The van der Waals surface area contributed by atoms with E-state index in [2.05, 4.69) is 15.2 Å². The predicted octanol–water partition coefficient (Wildman–Crippen LogP) is 4.08. The minimum atomic E-state index is -0.0494. The first-order valence-electron chi connectivity index (χ1n) is 10.7. The maximum absolute atomic E-state index is 12.2. The molecule has 0 unspecified atom stereocenters. The number of carbonyl (C=O) groups is 1. The number of benzene rings is 1. The lowest BCUT2D eigenvalue weighted by molar-refractivity contribution is 0.0827. The fourth-order valence-electron chi connectivity index (χ4n) is 3.24. The van der Waals surface area contributed by atoms with Crippen molar-refractivity contribution in [3.05, 3.63) is 71.8 Å². The molecule has 0 atom stereocenters. The summed E-state index contributed by atoms with van der Waals surface area (Å²) in [5.41, 5.74) is 10.1. The van der Waals surface area contributed by atoms with E-state index < -0.39 is 0 Å². The third-order valence-corrected chi connectivity index (χ3v) is 4.99. The van der Waals surface area contributed by atoms with E-state index in [0.717, 1.165) is 16.7 Å². The van der Waals surface area contributed by atoms with E-state index in [-0.39, 0.29) is 5.91 Å². The van der Waals surface area contributed by atoms with Gasteiger partial charge in [0, 0.05) is 44.4 Å². The zero-order valence-electron chi connectivity index (χ0n) is 19.4. The van der Waals surface area contributed by atoms with E-state index in [1.807, 2.05) is 50.3 Å². The van der Waals surface area contributed by atoms with Crippen molar-refractivity contribution in [1.82, 2.24) is 20.1 Å². The second-order valence-corrected chi connectivity index (χ2v) is 7.55. The van der Waals surface area contributed by atoms with Crippen molar-refractivity contribution in [2.24, 2.45) is 0 Å². The van der Waals surface area contributed by atoms with Gasteiger partial charge in [-0.2, -0.15) is 0 Å². The number of rotatable bonds is 9. The molecule has 0 radical (unpaired) electrons. The van der Waals surface area contributed by atoms with Gasteiger partial charge in [-0.25, -0.2) is 4.98 Å². The Kier molecular flexibility index (Phi) is 8.10. The number of aromatic nitrogens is 3. The molecule has 0 bridgehead atoms. The van der Waals surface area contributed by atoms with Gasteiger partial charge in [-0.15, -0.1) is 10.2 Å². The summed E-state index contributed by atoms with van der Waals surface area (Å²) >= 11 is 0. The Morgan fingerprint density at radius 1 is 1.15 bits per heavy atom. The molecule has 2 heterocycles. The Balaban J connectivity index is 1.80. The average molecular weight is 448 g/mol. The fourth-order valence-corrected chi connectivity index (χ4v) is 3.24. The summed E-state index contributed by atoms with van der Waals surface area (Å²) in [5, 5.41) is 8.31. The van der Waals surface area contributed by atoms with Crippen molar-refractivity contribution in [2.45, 2.75) is 20.3 Å². The highest BCUT2D eigenvalue weighted by Gasteiger charge is 2.18. The van der Waals surface area contributed by atoms with Crippen LogP contribution in [0.2, 0.25) is 0 Å². The summed E-state index contributed by atoms with van der Waals surface area (Å²) in [6.07, 6.45) is 9.91. The molecule has 3 rings (SSSR count). The highest BCUT2D eigenvalue weighted by molar-refractivity contribution is 5.94. The summed E-state index contributed by atoms with van der Waals surface area (Å²) in [6.45, 7) is 5.18. The van der Waals surface area contributed by atoms with Crippen LogP contribution in [0.15, 0.2) is 59.2 Å². The number of nitrogens with two attached hydrogens (primary N) is 1.